The van der Waals surface area contributed by atoms with Gasteiger partial charge in [-0.1, -0.05) is 29.8 Å². The van der Waals surface area contributed by atoms with Gasteiger partial charge in [0.05, 0.1) is 23.4 Å². The molecule has 2 aliphatic rings. The van der Waals surface area contributed by atoms with Gasteiger partial charge in [0.15, 0.2) is 0 Å². The fourth-order valence-electron chi connectivity index (χ4n) is 4.20. The van der Waals surface area contributed by atoms with E-state index in [1.165, 1.54) is 5.06 Å². The lowest BCUT2D eigenvalue weighted by atomic mass is 9.93. The van der Waals surface area contributed by atoms with Crippen LogP contribution in [0.4, 0.5) is 17.1 Å². The second kappa shape index (κ2) is 7.79. The molecule has 7 nitrogen and oxygen atoms in total. The highest BCUT2D eigenvalue weighted by molar-refractivity contribution is 6.34. The van der Waals surface area contributed by atoms with Gasteiger partial charge in [-0.25, -0.2) is 0 Å². The third kappa shape index (κ3) is 3.50. The van der Waals surface area contributed by atoms with Crippen molar-refractivity contribution >= 4 is 40.5 Å². The van der Waals surface area contributed by atoms with Crippen LogP contribution >= 0.6 is 11.6 Å². The number of nitrogens with zero attached hydrogens (tertiary/aromatic N) is 1. The molecule has 8 heteroatoms. The average Bonchev–Trinajstić information content (AvgIpc) is 3.24. The van der Waals surface area contributed by atoms with Crippen LogP contribution in [0.3, 0.4) is 0 Å². The van der Waals surface area contributed by atoms with Crippen molar-refractivity contribution in [1.29, 1.82) is 0 Å². The predicted molar refractivity (Wildman–Crippen MR) is 128 cm³/mol. The normalized spacial score (nSPS) is 15.6. The van der Waals surface area contributed by atoms with Crippen molar-refractivity contribution < 1.29 is 19.2 Å². The Morgan fingerprint density at radius 3 is 2.67 bits per heavy atom. The minimum atomic E-state index is -0.755. The van der Waals surface area contributed by atoms with Crippen molar-refractivity contribution in [2.75, 3.05) is 22.8 Å². The van der Waals surface area contributed by atoms with E-state index < -0.39 is 5.54 Å². The van der Waals surface area contributed by atoms with Gasteiger partial charge >= 0.3 is 0 Å². The summed E-state index contributed by atoms with van der Waals surface area (Å²) in [6.45, 7) is 3.93. The number of hydrogen-bond acceptors (Lipinski definition) is 5. The fraction of sp³-hybridized carbons (Fsp3) is 0.200. The van der Waals surface area contributed by atoms with Crippen LogP contribution in [0.5, 0.6) is 5.75 Å². The Labute approximate surface area is 196 Å². The Kier molecular flexibility index (Phi) is 5.03. The Bertz CT molecular complexity index is 1300. The van der Waals surface area contributed by atoms with Crippen LogP contribution in [0, 0.1) is 0 Å². The number of anilines is 3. The van der Waals surface area contributed by atoms with Gasteiger partial charge in [0.25, 0.3) is 11.8 Å². The molecule has 0 saturated carbocycles. The molecule has 0 saturated heterocycles. The molecule has 3 aromatic carbocycles. The minimum absolute atomic E-state index is 0.143. The number of halogens is 1. The number of nitrogens with one attached hydrogen (secondary N) is 2. The molecule has 2 heterocycles. The van der Waals surface area contributed by atoms with E-state index in [0.717, 1.165) is 28.1 Å². The summed E-state index contributed by atoms with van der Waals surface area (Å²) in [4.78, 5) is 31.2. The topological polar surface area (TPSA) is 79.9 Å². The van der Waals surface area contributed by atoms with Crippen molar-refractivity contribution in [2.45, 2.75) is 26.0 Å². The third-order valence-corrected chi connectivity index (χ3v) is 6.19. The molecule has 3 aromatic rings. The number of ether oxygens (including phenoxy) is 1. The maximum Gasteiger partial charge on any atom is 0.276 e. The van der Waals surface area contributed by atoms with E-state index in [4.69, 9.17) is 21.2 Å². The molecule has 168 valence electrons. The van der Waals surface area contributed by atoms with Crippen LogP contribution < -0.4 is 20.4 Å². The van der Waals surface area contributed by atoms with E-state index in [9.17, 15) is 9.59 Å². The van der Waals surface area contributed by atoms with Gasteiger partial charge in [0.2, 0.25) is 0 Å². The van der Waals surface area contributed by atoms with E-state index in [-0.39, 0.29) is 18.4 Å². The lowest BCUT2D eigenvalue weighted by Crippen LogP contribution is -2.52. The molecular weight excluding hydrogens is 442 g/mol. The van der Waals surface area contributed by atoms with Crippen molar-refractivity contribution in [3.05, 3.63) is 70.7 Å². The number of benzene rings is 3. The molecule has 2 amide bonds. The summed E-state index contributed by atoms with van der Waals surface area (Å²) in [5.74, 6) is 0.131. The zero-order valence-electron chi connectivity index (χ0n) is 18.4. The van der Waals surface area contributed by atoms with Gasteiger partial charge in [-0.15, -0.1) is 0 Å². The number of hydrogen-bond donors (Lipinski definition) is 2. The first-order valence-electron chi connectivity index (χ1n) is 10.5. The summed E-state index contributed by atoms with van der Waals surface area (Å²) in [7, 11) is 1.58. The van der Waals surface area contributed by atoms with E-state index in [1.807, 2.05) is 32.0 Å². The van der Waals surface area contributed by atoms with Crippen LogP contribution in [0.1, 0.15) is 29.8 Å². The zero-order chi connectivity index (χ0) is 23.3. The third-order valence-electron chi connectivity index (χ3n) is 5.86. The van der Waals surface area contributed by atoms with E-state index in [1.54, 1.807) is 43.5 Å². The Hall–Kier alpha value is -3.55. The first-order valence-corrected chi connectivity index (χ1v) is 10.8. The second-order valence-electron chi connectivity index (χ2n) is 8.46. The fourth-order valence-corrected chi connectivity index (χ4v) is 4.42. The number of amides is 2. The van der Waals surface area contributed by atoms with Crippen molar-refractivity contribution in [2.24, 2.45) is 0 Å². The van der Waals surface area contributed by atoms with Crippen molar-refractivity contribution in [3.8, 4) is 16.9 Å². The molecule has 0 aliphatic carbocycles. The molecule has 0 atom stereocenters. The molecule has 0 spiro atoms. The van der Waals surface area contributed by atoms with E-state index in [0.29, 0.717) is 22.0 Å². The number of carbonyl (C=O) groups excluding carboxylic acids is 2. The van der Waals surface area contributed by atoms with Gasteiger partial charge in [-0.05, 0) is 49.7 Å². The summed E-state index contributed by atoms with van der Waals surface area (Å²) >= 11 is 6.14. The van der Waals surface area contributed by atoms with Crippen molar-refractivity contribution in [1.82, 2.24) is 0 Å². The van der Waals surface area contributed by atoms with Crippen molar-refractivity contribution in [3.63, 3.8) is 0 Å². The number of rotatable bonds is 4. The van der Waals surface area contributed by atoms with Crippen LogP contribution in [0.25, 0.3) is 11.1 Å². The first kappa shape index (κ1) is 21.3. The Morgan fingerprint density at radius 1 is 1.15 bits per heavy atom. The Morgan fingerprint density at radius 2 is 1.91 bits per heavy atom. The first-order chi connectivity index (χ1) is 15.8. The molecule has 0 unspecified atom stereocenters. The number of methoxy groups -OCH3 is 1. The molecule has 33 heavy (non-hydrogen) atoms. The van der Waals surface area contributed by atoms with Gasteiger partial charge in [0.1, 0.15) is 23.6 Å². The lowest BCUT2D eigenvalue weighted by molar-refractivity contribution is -0.129. The molecule has 2 aliphatic heterocycles. The van der Waals surface area contributed by atoms with Crippen LogP contribution in [-0.4, -0.2) is 24.5 Å². The predicted octanol–water partition coefficient (Wildman–Crippen LogP) is 5.25. The molecule has 0 aromatic heterocycles. The van der Waals surface area contributed by atoms with Gasteiger partial charge in [0, 0.05) is 22.9 Å². The number of carbonyl (C=O) groups is 2. The Balaban J connectivity index is 1.51. The van der Waals surface area contributed by atoms with E-state index >= 15 is 0 Å². The monoisotopic (exact) mass is 463 g/mol. The molecule has 5 rings (SSSR count). The summed E-state index contributed by atoms with van der Waals surface area (Å²) in [6.07, 6.45) is 0. The highest BCUT2D eigenvalue weighted by Gasteiger charge is 2.44. The highest BCUT2D eigenvalue weighted by atomic mass is 35.5. The SMILES string of the molecule is COc1cc(NC(=O)c2ccccc2Cl)ccc1-c1ccc2c3c1CON3C(=O)C(C)(C)N2. The number of hydroxylamine groups is 1. The summed E-state index contributed by atoms with van der Waals surface area (Å²) in [5, 5.41) is 7.92. The summed E-state index contributed by atoms with van der Waals surface area (Å²) in [5.41, 5.74) is 4.41. The van der Waals surface area contributed by atoms with Crippen LogP contribution in [-0.2, 0) is 16.2 Å². The maximum absolute atomic E-state index is 12.8. The van der Waals surface area contributed by atoms with Gasteiger partial charge in [-0.3, -0.25) is 14.4 Å². The van der Waals surface area contributed by atoms with Crippen LogP contribution in [0.2, 0.25) is 5.02 Å². The summed E-state index contributed by atoms with van der Waals surface area (Å²) < 4.78 is 5.65. The highest BCUT2D eigenvalue weighted by Crippen LogP contribution is 2.48. The smallest absolute Gasteiger partial charge is 0.276 e. The molecule has 0 bridgehead atoms. The van der Waals surface area contributed by atoms with Crippen LogP contribution in [0.15, 0.2) is 54.6 Å². The standard InChI is InChI=1S/C25H22ClN3O4/c1-25(2)24(31)29-22-18(13-33-29)15(10-11-20(22)28-25)16-9-8-14(12-21(16)32-3)27-23(30)17-6-4-5-7-19(17)26/h4-12,28H,13H2,1-3H3,(H,27,30). The largest absolute Gasteiger partial charge is 0.496 e. The molecule has 0 radical (unpaired) electrons. The second-order valence-corrected chi connectivity index (χ2v) is 8.87. The molecule has 0 fully saturated rings. The average molecular weight is 464 g/mol. The van der Waals surface area contributed by atoms with Gasteiger partial charge in [-0.2, -0.15) is 5.06 Å². The zero-order valence-corrected chi connectivity index (χ0v) is 19.1. The maximum atomic E-state index is 12.8. The summed E-state index contributed by atoms with van der Waals surface area (Å²) in [6, 6.07) is 16.2. The van der Waals surface area contributed by atoms with Gasteiger partial charge < -0.3 is 15.4 Å². The minimum Gasteiger partial charge on any atom is -0.496 e. The van der Waals surface area contributed by atoms with E-state index in [2.05, 4.69) is 10.6 Å². The quantitative estimate of drug-likeness (QED) is 0.552. The molecular formula is C25H22ClN3O4. The lowest BCUT2D eigenvalue weighted by Gasteiger charge is -2.36. The molecule has 2 N–H and O–H groups in total.